The van der Waals surface area contributed by atoms with E-state index in [1.54, 1.807) is 12.1 Å². The largest absolute Gasteiger partial charge is 0.444 e. The first-order valence-corrected chi connectivity index (χ1v) is 7.84. The summed E-state index contributed by atoms with van der Waals surface area (Å²) in [6.45, 7) is 4.08. The minimum Gasteiger partial charge on any atom is -0.444 e. The van der Waals surface area contributed by atoms with Gasteiger partial charge in [0.15, 0.2) is 10.4 Å². The predicted octanol–water partition coefficient (Wildman–Crippen LogP) is 4.05. The Hall–Kier alpha value is -2.08. The first-order chi connectivity index (χ1) is 10.5. The number of nitrogens with one attached hydrogen (secondary N) is 2. The molecule has 114 valence electrons. The molecule has 0 fully saturated rings. The lowest BCUT2D eigenvalue weighted by Crippen LogP contribution is -2.32. The van der Waals surface area contributed by atoms with Gasteiger partial charge in [0.1, 0.15) is 5.82 Å². The maximum Gasteiger partial charge on any atom is 0.287 e. The smallest absolute Gasteiger partial charge is 0.287 e. The number of hydrogen-bond donors (Lipinski definition) is 2. The lowest BCUT2D eigenvalue weighted by atomic mass is 10.0. The van der Waals surface area contributed by atoms with Gasteiger partial charge in [-0.1, -0.05) is 26.0 Å². The van der Waals surface area contributed by atoms with Crippen molar-refractivity contribution in [3.05, 3.63) is 52.7 Å². The maximum atomic E-state index is 12.3. The van der Waals surface area contributed by atoms with Crippen LogP contribution >= 0.6 is 15.9 Å². The van der Waals surface area contributed by atoms with Crippen LogP contribution in [0.3, 0.4) is 0 Å². The number of fused-ring (bicyclic) bond motifs is 1. The molecule has 0 aliphatic rings. The van der Waals surface area contributed by atoms with Gasteiger partial charge in [-0.25, -0.2) is 4.98 Å². The Balaban J connectivity index is 1.88. The van der Waals surface area contributed by atoms with Gasteiger partial charge in [-0.15, -0.1) is 0 Å². The molecule has 5 nitrogen and oxygen atoms in total. The number of rotatable bonds is 4. The van der Waals surface area contributed by atoms with Crippen molar-refractivity contribution in [2.75, 3.05) is 0 Å². The van der Waals surface area contributed by atoms with Crippen molar-refractivity contribution in [3.8, 4) is 0 Å². The Morgan fingerprint density at radius 3 is 2.68 bits per heavy atom. The number of aromatic amines is 1. The monoisotopic (exact) mass is 361 g/mol. The fraction of sp³-hybridized carbons (Fsp3) is 0.250. The molecule has 0 spiro atoms. The van der Waals surface area contributed by atoms with Gasteiger partial charge in [0.25, 0.3) is 5.91 Å². The number of halogens is 1. The van der Waals surface area contributed by atoms with Crippen LogP contribution in [0.4, 0.5) is 0 Å². The van der Waals surface area contributed by atoms with Crippen molar-refractivity contribution in [1.29, 1.82) is 0 Å². The first kappa shape index (κ1) is 14.8. The molecule has 1 aromatic carbocycles. The second-order valence-electron chi connectivity index (χ2n) is 5.44. The summed E-state index contributed by atoms with van der Waals surface area (Å²) in [6, 6.07) is 10.9. The van der Waals surface area contributed by atoms with E-state index in [1.807, 2.05) is 38.1 Å². The zero-order valence-corrected chi connectivity index (χ0v) is 13.8. The highest BCUT2D eigenvalue weighted by atomic mass is 79.9. The van der Waals surface area contributed by atoms with Crippen LogP contribution in [-0.4, -0.2) is 15.9 Å². The molecule has 0 radical (unpaired) electrons. The van der Waals surface area contributed by atoms with Gasteiger partial charge in [-0.2, -0.15) is 0 Å². The summed E-state index contributed by atoms with van der Waals surface area (Å²) in [7, 11) is 0. The topological polar surface area (TPSA) is 70.9 Å². The SMILES string of the molecule is CC(C)[C@@H](NC(=O)c1ccc(Br)o1)c1nc2ccccc2[nH]1. The van der Waals surface area contributed by atoms with E-state index in [2.05, 4.69) is 31.2 Å². The Labute approximate surface area is 136 Å². The minimum absolute atomic E-state index is 0.183. The van der Waals surface area contributed by atoms with E-state index in [4.69, 9.17) is 4.42 Å². The van der Waals surface area contributed by atoms with Crippen molar-refractivity contribution >= 4 is 32.9 Å². The lowest BCUT2D eigenvalue weighted by Gasteiger charge is -2.19. The first-order valence-electron chi connectivity index (χ1n) is 7.05. The number of carbonyl (C=O) groups is 1. The molecule has 2 N–H and O–H groups in total. The second kappa shape index (κ2) is 5.96. The molecular formula is C16H16BrN3O2. The van der Waals surface area contributed by atoms with Crippen LogP contribution in [0.1, 0.15) is 36.3 Å². The van der Waals surface area contributed by atoms with Gasteiger partial charge in [0, 0.05) is 0 Å². The summed E-state index contributed by atoms with van der Waals surface area (Å²) in [6.07, 6.45) is 0. The number of imidazole rings is 1. The van der Waals surface area contributed by atoms with Crippen LogP contribution in [0.2, 0.25) is 0 Å². The second-order valence-corrected chi connectivity index (χ2v) is 6.22. The average molecular weight is 362 g/mol. The summed E-state index contributed by atoms with van der Waals surface area (Å²) in [5, 5.41) is 2.98. The van der Waals surface area contributed by atoms with E-state index in [-0.39, 0.29) is 23.6 Å². The van der Waals surface area contributed by atoms with Crippen LogP contribution in [0.15, 0.2) is 45.5 Å². The van der Waals surface area contributed by atoms with Gasteiger partial charge in [0.2, 0.25) is 0 Å². The molecule has 0 saturated carbocycles. The summed E-state index contributed by atoms with van der Waals surface area (Å²) in [5.74, 6) is 0.941. The molecule has 0 saturated heterocycles. The zero-order chi connectivity index (χ0) is 15.7. The van der Waals surface area contributed by atoms with E-state index in [1.165, 1.54) is 0 Å². The van der Waals surface area contributed by atoms with Crippen LogP contribution < -0.4 is 5.32 Å². The Kier molecular flexibility index (Phi) is 4.02. The van der Waals surface area contributed by atoms with E-state index in [0.29, 0.717) is 4.67 Å². The van der Waals surface area contributed by atoms with Crippen molar-refractivity contribution < 1.29 is 9.21 Å². The van der Waals surface area contributed by atoms with E-state index in [9.17, 15) is 4.79 Å². The van der Waals surface area contributed by atoms with Gasteiger partial charge < -0.3 is 14.7 Å². The summed E-state index contributed by atoms with van der Waals surface area (Å²) in [5.41, 5.74) is 1.84. The Morgan fingerprint density at radius 2 is 2.05 bits per heavy atom. The van der Waals surface area contributed by atoms with Crippen LogP contribution in [0, 0.1) is 5.92 Å². The molecule has 0 unspecified atom stereocenters. The number of nitrogens with zero attached hydrogens (tertiary/aromatic N) is 1. The fourth-order valence-corrected chi connectivity index (χ4v) is 2.63. The molecular weight excluding hydrogens is 346 g/mol. The molecule has 1 atom stereocenters. The van der Waals surface area contributed by atoms with Crippen LogP contribution in [0.25, 0.3) is 11.0 Å². The quantitative estimate of drug-likeness (QED) is 0.736. The highest BCUT2D eigenvalue weighted by Gasteiger charge is 2.23. The molecule has 2 heterocycles. The molecule has 1 amide bonds. The minimum atomic E-state index is -0.259. The number of carbonyl (C=O) groups excluding carboxylic acids is 1. The molecule has 0 aliphatic carbocycles. The van der Waals surface area contributed by atoms with Crippen LogP contribution in [0.5, 0.6) is 0 Å². The summed E-state index contributed by atoms with van der Waals surface area (Å²) < 4.78 is 5.82. The Bertz CT molecular complexity index is 773. The molecule has 3 rings (SSSR count). The molecule has 0 bridgehead atoms. The molecule has 22 heavy (non-hydrogen) atoms. The Morgan fingerprint density at radius 1 is 1.27 bits per heavy atom. The normalized spacial score (nSPS) is 12.7. The lowest BCUT2D eigenvalue weighted by molar-refractivity contribution is 0.0894. The van der Waals surface area contributed by atoms with E-state index in [0.717, 1.165) is 16.9 Å². The summed E-state index contributed by atoms with van der Waals surface area (Å²) >= 11 is 3.20. The number of hydrogen-bond acceptors (Lipinski definition) is 3. The number of furan rings is 1. The third-order valence-electron chi connectivity index (χ3n) is 3.45. The van der Waals surface area contributed by atoms with E-state index < -0.39 is 0 Å². The maximum absolute atomic E-state index is 12.3. The van der Waals surface area contributed by atoms with Gasteiger partial charge in [-0.05, 0) is 46.1 Å². The zero-order valence-electron chi connectivity index (χ0n) is 12.3. The number of benzene rings is 1. The average Bonchev–Trinajstić information content (AvgIpc) is 3.09. The number of amides is 1. The van der Waals surface area contributed by atoms with Gasteiger partial charge >= 0.3 is 0 Å². The standard InChI is InChI=1S/C16H16BrN3O2/c1-9(2)14(20-16(21)12-7-8-13(17)22-12)15-18-10-5-3-4-6-11(10)19-15/h3-9,14H,1-2H3,(H,18,19)(H,20,21)/t14-/m1/s1. The highest BCUT2D eigenvalue weighted by molar-refractivity contribution is 9.10. The van der Waals surface area contributed by atoms with Crippen molar-refractivity contribution in [3.63, 3.8) is 0 Å². The van der Waals surface area contributed by atoms with Gasteiger partial charge in [-0.3, -0.25) is 4.79 Å². The van der Waals surface area contributed by atoms with Crippen molar-refractivity contribution in [2.24, 2.45) is 5.92 Å². The predicted molar refractivity (Wildman–Crippen MR) is 87.5 cm³/mol. The van der Waals surface area contributed by atoms with E-state index >= 15 is 0 Å². The van der Waals surface area contributed by atoms with Crippen LogP contribution in [-0.2, 0) is 0 Å². The molecule has 6 heteroatoms. The highest BCUT2D eigenvalue weighted by Crippen LogP contribution is 2.23. The third-order valence-corrected chi connectivity index (χ3v) is 3.88. The molecule has 2 aromatic heterocycles. The molecule has 0 aliphatic heterocycles. The number of para-hydroxylation sites is 2. The number of aromatic nitrogens is 2. The number of H-pyrrole nitrogens is 1. The fourth-order valence-electron chi connectivity index (χ4n) is 2.32. The van der Waals surface area contributed by atoms with Crippen molar-refractivity contribution in [2.45, 2.75) is 19.9 Å². The van der Waals surface area contributed by atoms with Crippen molar-refractivity contribution in [1.82, 2.24) is 15.3 Å². The van der Waals surface area contributed by atoms with Gasteiger partial charge in [0.05, 0.1) is 17.1 Å². The third kappa shape index (κ3) is 2.92. The summed E-state index contributed by atoms with van der Waals surface area (Å²) in [4.78, 5) is 20.1. The molecule has 3 aromatic rings.